The molecule has 1 amide bonds. The second-order valence-corrected chi connectivity index (χ2v) is 8.22. The summed E-state index contributed by atoms with van der Waals surface area (Å²) in [4.78, 5) is 14.3. The molecule has 1 aliphatic rings. The van der Waals surface area contributed by atoms with Crippen molar-refractivity contribution in [2.24, 2.45) is 0 Å². The largest absolute Gasteiger partial charge is 0.379 e. The number of rotatable bonds is 6. The number of nitrogens with one attached hydrogen (secondary N) is 1. The summed E-state index contributed by atoms with van der Waals surface area (Å²) in [6, 6.07) is 15.8. The van der Waals surface area contributed by atoms with Crippen LogP contribution in [0.3, 0.4) is 0 Å². The number of carbonyl (C=O) groups excluding carboxylic acids is 1. The summed E-state index contributed by atoms with van der Waals surface area (Å²) >= 11 is 0. The van der Waals surface area contributed by atoms with E-state index in [1.165, 1.54) is 16.4 Å². The lowest BCUT2D eigenvalue weighted by Crippen LogP contribution is -2.40. The molecule has 2 aromatic carbocycles. The zero-order valence-electron chi connectivity index (χ0n) is 15.2. The zero-order valence-corrected chi connectivity index (χ0v) is 16.0. The van der Waals surface area contributed by atoms with Gasteiger partial charge in [0, 0.05) is 31.5 Å². The number of hydrogen-bond acceptors (Lipinski definition) is 5. The van der Waals surface area contributed by atoms with Gasteiger partial charge in [-0.25, -0.2) is 8.42 Å². The first-order valence-electron chi connectivity index (χ1n) is 8.71. The van der Waals surface area contributed by atoms with E-state index in [-0.39, 0.29) is 17.3 Å². The van der Waals surface area contributed by atoms with Gasteiger partial charge in [-0.15, -0.1) is 0 Å². The highest BCUT2D eigenvalue weighted by molar-refractivity contribution is 7.89. The van der Waals surface area contributed by atoms with Crippen LogP contribution in [0, 0.1) is 0 Å². The predicted molar refractivity (Wildman–Crippen MR) is 104 cm³/mol. The van der Waals surface area contributed by atoms with Crippen molar-refractivity contribution in [2.45, 2.75) is 4.90 Å². The topological polar surface area (TPSA) is 79.0 Å². The summed E-state index contributed by atoms with van der Waals surface area (Å²) in [5, 5.41) is 2.79. The van der Waals surface area contributed by atoms with E-state index in [9.17, 15) is 13.2 Å². The molecule has 0 aromatic heterocycles. The van der Waals surface area contributed by atoms with Crippen LogP contribution in [0.15, 0.2) is 59.5 Å². The third kappa shape index (κ3) is 4.85. The van der Waals surface area contributed by atoms with Crippen molar-refractivity contribution in [1.29, 1.82) is 0 Å². The minimum atomic E-state index is -3.53. The van der Waals surface area contributed by atoms with E-state index in [2.05, 4.69) is 5.32 Å². The molecule has 27 heavy (non-hydrogen) atoms. The molecular formula is C19H23N3O4S. The monoisotopic (exact) mass is 389 g/mol. The van der Waals surface area contributed by atoms with Crippen LogP contribution in [-0.4, -0.2) is 58.5 Å². The van der Waals surface area contributed by atoms with E-state index in [1.807, 2.05) is 42.3 Å². The molecule has 8 heteroatoms. The quantitative estimate of drug-likeness (QED) is 0.815. The predicted octanol–water partition coefficient (Wildman–Crippen LogP) is 1.78. The van der Waals surface area contributed by atoms with Crippen molar-refractivity contribution >= 4 is 27.3 Å². The van der Waals surface area contributed by atoms with Gasteiger partial charge < -0.3 is 15.0 Å². The van der Waals surface area contributed by atoms with E-state index < -0.39 is 10.0 Å². The molecule has 0 bridgehead atoms. The normalized spacial score (nSPS) is 15.3. The van der Waals surface area contributed by atoms with Crippen molar-refractivity contribution < 1.29 is 17.9 Å². The van der Waals surface area contributed by atoms with Crippen LogP contribution >= 0.6 is 0 Å². The fraction of sp³-hybridized carbons (Fsp3) is 0.316. The maximum atomic E-state index is 12.6. The van der Waals surface area contributed by atoms with Gasteiger partial charge in [-0.05, 0) is 36.4 Å². The molecule has 1 saturated heterocycles. The van der Waals surface area contributed by atoms with Crippen LogP contribution in [0.5, 0.6) is 0 Å². The fourth-order valence-electron chi connectivity index (χ4n) is 2.84. The number of nitrogens with zero attached hydrogens (tertiary/aromatic N) is 2. The van der Waals surface area contributed by atoms with Crippen LogP contribution < -0.4 is 10.2 Å². The first-order valence-corrected chi connectivity index (χ1v) is 10.1. The van der Waals surface area contributed by atoms with Crippen molar-refractivity contribution in [3.8, 4) is 0 Å². The summed E-state index contributed by atoms with van der Waals surface area (Å²) in [6.45, 7) is 1.71. The van der Waals surface area contributed by atoms with Crippen LogP contribution in [0.2, 0.25) is 0 Å². The first kappa shape index (κ1) is 19.3. The van der Waals surface area contributed by atoms with E-state index in [0.29, 0.717) is 32.0 Å². The average molecular weight is 389 g/mol. The number of ether oxygens (including phenoxy) is 1. The highest BCUT2D eigenvalue weighted by Gasteiger charge is 2.26. The van der Waals surface area contributed by atoms with E-state index >= 15 is 0 Å². The first-order chi connectivity index (χ1) is 13.0. The number of morpholine rings is 1. The molecule has 7 nitrogen and oxygen atoms in total. The SMILES string of the molecule is CN(CC(=O)Nc1ccc(S(=O)(=O)N2CCOCC2)cc1)c1ccccc1. The van der Waals surface area contributed by atoms with Crippen LogP contribution in [0.25, 0.3) is 0 Å². The molecule has 1 aliphatic heterocycles. The fourth-order valence-corrected chi connectivity index (χ4v) is 4.24. The lowest BCUT2D eigenvalue weighted by molar-refractivity contribution is -0.114. The maximum Gasteiger partial charge on any atom is 0.243 e. The molecule has 0 unspecified atom stereocenters. The Labute approximate surface area is 159 Å². The molecule has 0 spiro atoms. The zero-order chi connectivity index (χ0) is 19.3. The third-order valence-electron chi connectivity index (χ3n) is 4.32. The Morgan fingerprint density at radius 2 is 1.70 bits per heavy atom. The van der Waals surface area contributed by atoms with Gasteiger partial charge in [0.25, 0.3) is 0 Å². The molecule has 1 heterocycles. The molecule has 144 valence electrons. The van der Waals surface area contributed by atoms with Crippen LogP contribution in [-0.2, 0) is 19.6 Å². The van der Waals surface area contributed by atoms with Crippen molar-refractivity contribution in [2.75, 3.05) is 50.1 Å². The van der Waals surface area contributed by atoms with E-state index in [4.69, 9.17) is 4.74 Å². The molecule has 0 aliphatic carbocycles. The number of benzene rings is 2. The van der Waals surface area contributed by atoms with Gasteiger partial charge in [0.15, 0.2) is 0 Å². The van der Waals surface area contributed by atoms with Gasteiger partial charge in [0.2, 0.25) is 15.9 Å². The van der Waals surface area contributed by atoms with Gasteiger partial charge in [-0.1, -0.05) is 18.2 Å². The molecule has 2 aromatic rings. The Kier molecular flexibility index (Phi) is 6.10. The Hall–Kier alpha value is -2.42. The van der Waals surface area contributed by atoms with Gasteiger partial charge >= 0.3 is 0 Å². The van der Waals surface area contributed by atoms with Gasteiger partial charge in [0.1, 0.15) is 0 Å². The number of amides is 1. The van der Waals surface area contributed by atoms with Crippen molar-refractivity contribution in [3.63, 3.8) is 0 Å². The summed E-state index contributed by atoms with van der Waals surface area (Å²) in [5.74, 6) is -0.176. The number of likely N-dealkylation sites (N-methyl/N-ethyl adjacent to an activating group) is 1. The van der Waals surface area contributed by atoms with Gasteiger partial charge in [-0.2, -0.15) is 4.31 Å². The van der Waals surface area contributed by atoms with E-state index in [1.54, 1.807) is 12.1 Å². The van der Waals surface area contributed by atoms with Crippen molar-refractivity contribution in [1.82, 2.24) is 4.31 Å². The second-order valence-electron chi connectivity index (χ2n) is 6.28. The number of anilines is 2. The molecular weight excluding hydrogens is 366 g/mol. The highest BCUT2D eigenvalue weighted by atomic mass is 32.2. The maximum absolute atomic E-state index is 12.6. The smallest absolute Gasteiger partial charge is 0.243 e. The van der Waals surface area contributed by atoms with E-state index in [0.717, 1.165) is 5.69 Å². The number of sulfonamides is 1. The summed E-state index contributed by atoms with van der Waals surface area (Å²) in [5.41, 5.74) is 1.50. The van der Waals surface area contributed by atoms with Crippen LogP contribution in [0.4, 0.5) is 11.4 Å². The number of hydrogen-bond donors (Lipinski definition) is 1. The highest BCUT2D eigenvalue weighted by Crippen LogP contribution is 2.19. The Morgan fingerprint density at radius 3 is 2.33 bits per heavy atom. The summed E-state index contributed by atoms with van der Waals surface area (Å²) < 4.78 is 31.8. The molecule has 0 atom stereocenters. The summed E-state index contributed by atoms with van der Waals surface area (Å²) in [6.07, 6.45) is 0. The number of carbonyl (C=O) groups is 1. The lowest BCUT2D eigenvalue weighted by atomic mass is 10.3. The molecule has 3 rings (SSSR count). The summed E-state index contributed by atoms with van der Waals surface area (Å²) in [7, 11) is -1.69. The third-order valence-corrected chi connectivity index (χ3v) is 6.24. The number of para-hydroxylation sites is 1. The molecule has 1 fully saturated rings. The second kappa shape index (κ2) is 8.51. The minimum Gasteiger partial charge on any atom is -0.379 e. The standard InChI is InChI=1S/C19H23N3O4S/c1-21(17-5-3-2-4-6-17)15-19(23)20-16-7-9-18(10-8-16)27(24,25)22-11-13-26-14-12-22/h2-10H,11-15H2,1H3,(H,20,23). The van der Waals surface area contributed by atoms with Crippen molar-refractivity contribution in [3.05, 3.63) is 54.6 Å². The van der Waals surface area contributed by atoms with Gasteiger partial charge in [-0.3, -0.25) is 4.79 Å². The van der Waals surface area contributed by atoms with Crippen LogP contribution in [0.1, 0.15) is 0 Å². The molecule has 0 saturated carbocycles. The minimum absolute atomic E-state index is 0.176. The molecule has 0 radical (unpaired) electrons. The Bertz CT molecular complexity index is 864. The average Bonchev–Trinajstić information content (AvgIpc) is 2.69. The Balaban J connectivity index is 1.61. The molecule has 1 N–H and O–H groups in total. The lowest BCUT2D eigenvalue weighted by Gasteiger charge is -2.26. The van der Waals surface area contributed by atoms with Gasteiger partial charge in [0.05, 0.1) is 24.7 Å². The Morgan fingerprint density at radius 1 is 1.07 bits per heavy atom.